The monoisotopic (exact) mass is 402 g/mol. The highest BCUT2D eigenvalue weighted by Gasteiger charge is 2.14. The summed E-state index contributed by atoms with van der Waals surface area (Å²) < 4.78 is 36.4. The maximum absolute atomic E-state index is 12.1. The Morgan fingerprint density at radius 2 is 1.64 bits per heavy atom. The zero-order chi connectivity index (χ0) is 19.8. The summed E-state index contributed by atoms with van der Waals surface area (Å²) in [6.45, 7) is 2.47. The molecule has 0 aliphatic rings. The number of benzene rings is 2. The molecule has 3 aromatic rings. The van der Waals surface area contributed by atoms with Crippen LogP contribution in [0.5, 0.6) is 6.01 Å². The Hall–Kier alpha value is -2.78. The number of rotatable bonds is 10. The van der Waals surface area contributed by atoms with Crippen molar-refractivity contribution in [3.05, 3.63) is 60.2 Å². The van der Waals surface area contributed by atoms with Crippen LogP contribution in [0.1, 0.15) is 24.8 Å². The third-order valence-electron chi connectivity index (χ3n) is 4.01. The fourth-order valence-corrected chi connectivity index (χ4v) is 3.43. The molecule has 1 heterocycles. The van der Waals surface area contributed by atoms with Gasteiger partial charge in [0.1, 0.15) is 0 Å². The summed E-state index contributed by atoms with van der Waals surface area (Å²) in [6.07, 6.45) is 2.10. The molecule has 0 saturated heterocycles. The number of aromatic nitrogens is 4. The van der Waals surface area contributed by atoms with Gasteiger partial charge >= 0.3 is 6.01 Å². The molecule has 0 amide bonds. The first-order chi connectivity index (χ1) is 13.6. The van der Waals surface area contributed by atoms with Crippen molar-refractivity contribution < 1.29 is 17.3 Å². The van der Waals surface area contributed by atoms with Gasteiger partial charge in [-0.3, -0.25) is 4.18 Å². The van der Waals surface area contributed by atoms with E-state index in [9.17, 15) is 8.42 Å². The minimum atomic E-state index is -3.70. The van der Waals surface area contributed by atoms with Gasteiger partial charge in [0.2, 0.25) is 0 Å². The van der Waals surface area contributed by atoms with Gasteiger partial charge in [0.25, 0.3) is 10.1 Å². The molecule has 9 heteroatoms. The maximum atomic E-state index is 12.1. The van der Waals surface area contributed by atoms with Crippen molar-refractivity contribution in [3.8, 4) is 11.7 Å². The van der Waals surface area contributed by atoms with Crippen LogP contribution in [0, 0.1) is 6.92 Å². The lowest BCUT2D eigenvalue weighted by atomic mass is 10.2. The molecule has 148 valence electrons. The molecule has 28 heavy (non-hydrogen) atoms. The molecule has 0 unspecified atom stereocenters. The third kappa shape index (κ3) is 5.37. The molecule has 8 nitrogen and oxygen atoms in total. The third-order valence-corrected chi connectivity index (χ3v) is 5.34. The number of tetrazole rings is 1. The van der Waals surface area contributed by atoms with E-state index in [-0.39, 0.29) is 11.5 Å². The molecule has 0 spiro atoms. The Morgan fingerprint density at radius 3 is 2.39 bits per heavy atom. The molecule has 0 fully saturated rings. The molecule has 0 radical (unpaired) electrons. The minimum Gasteiger partial charge on any atom is -0.462 e. The Labute approximate surface area is 164 Å². The molecule has 2 aromatic carbocycles. The van der Waals surface area contributed by atoms with Crippen LogP contribution in [0.15, 0.2) is 59.5 Å². The second kappa shape index (κ2) is 9.43. The van der Waals surface area contributed by atoms with Gasteiger partial charge in [-0.1, -0.05) is 41.0 Å². The number of hydrogen-bond donors (Lipinski definition) is 0. The van der Waals surface area contributed by atoms with E-state index in [4.69, 9.17) is 8.92 Å². The van der Waals surface area contributed by atoms with Crippen molar-refractivity contribution >= 4 is 10.1 Å². The standard InChI is InChI=1S/C19H22N4O4S/c1-16-10-12-18(13-11-16)28(24,25)27-15-7-3-6-14-26-19-20-21-22-23(19)17-8-4-2-5-9-17/h2,4-5,8-13H,3,6-7,14-15H2,1H3. The van der Waals surface area contributed by atoms with E-state index in [0.717, 1.165) is 24.1 Å². The van der Waals surface area contributed by atoms with Crippen LogP contribution >= 0.6 is 0 Å². The molecule has 0 N–H and O–H groups in total. The zero-order valence-corrected chi connectivity index (χ0v) is 16.4. The second-order valence-corrected chi connectivity index (χ2v) is 7.82. The van der Waals surface area contributed by atoms with Gasteiger partial charge in [0.15, 0.2) is 0 Å². The van der Waals surface area contributed by atoms with Crippen LogP contribution in [-0.4, -0.2) is 41.8 Å². The van der Waals surface area contributed by atoms with Gasteiger partial charge in [0, 0.05) is 0 Å². The Bertz CT molecular complexity index is 973. The molecule has 0 atom stereocenters. The van der Waals surface area contributed by atoms with Gasteiger partial charge in [-0.15, -0.1) is 0 Å². The number of ether oxygens (including phenoxy) is 1. The van der Waals surface area contributed by atoms with Crippen LogP contribution < -0.4 is 4.74 Å². The summed E-state index contributed by atoms with van der Waals surface area (Å²) in [7, 11) is -3.70. The number of hydrogen-bond acceptors (Lipinski definition) is 7. The topological polar surface area (TPSA) is 96.2 Å². The van der Waals surface area contributed by atoms with Crippen molar-refractivity contribution in [2.24, 2.45) is 0 Å². The number of aryl methyl sites for hydroxylation is 1. The van der Waals surface area contributed by atoms with E-state index < -0.39 is 10.1 Å². The molecular formula is C19H22N4O4S. The number of unbranched alkanes of at least 4 members (excludes halogenated alkanes) is 2. The smallest absolute Gasteiger partial charge is 0.340 e. The maximum Gasteiger partial charge on any atom is 0.340 e. The Morgan fingerprint density at radius 1 is 0.929 bits per heavy atom. The van der Waals surface area contributed by atoms with Crippen LogP contribution in [0.25, 0.3) is 5.69 Å². The highest BCUT2D eigenvalue weighted by Crippen LogP contribution is 2.15. The SMILES string of the molecule is Cc1ccc(S(=O)(=O)OCCCCCOc2nnnn2-c2ccccc2)cc1. The van der Waals surface area contributed by atoms with E-state index in [2.05, 4.69) is 15.5 Å². The molecule has 0 aliphatic heterocycles. The fourth-order valence-electron chi connectivity index (χ4n) is 2.49. The number of para-hydroxylation sites is 1. The first kappa shape index (κ1) is 20.0. The van der Waals surface area contributed by atoms with E-state index in [0.29, 0.717) is 19.0 Å². The predicted octanol–water partition coefficient (Wildman–Crippen LogP) is 2.93. The summed E-state index contributed by atoms with van der Waals surface area (Å²) in [5.74, 6) is 0. The van der Waals surface area contributed by atoms with Gasteiger partial charge in [-0.05, 0) is 60.9 Å². The van der Waals surface area contributed by atoms with Crippen molar-refractivity contribution in [1.82, 2.24) is 20.2 Å². The largest absolute Gasteiger partial charge is 0.462 e. The zero-order valence-electron chi connectivity index (χ0n) is 15.6. The first-order valence-electron chi connectivity index (χ1n) is 8.99. The van der Waals surface area contributed by atoms with Crippen LogP contribution in [0.2, 0.25) is 0 Å². The second-order valence-electron chi connectivity index (χ2n) is 6.21. The number of nitrogens with zero attached hydrogens (tertiary/aromatic N) is 4. The van der Waals surface area contributed by atoms with E-state index in [1.54, 1.807) is 24.3 Å². The molecule has 0 aliphatic carbocycles. The molecule has 0 saturated carbocycles. The minimum absolute atomic E-state index is 0.137. The van der Waals surface area contributed by atoms with Crippen molar-refractivity contribution in [2.75, 3.05) is 13.2 Å². The highest BCUT2D eigenvalue weighted by atomic mass is 32.2. The van der Waals surface area contributed by atoms with Crippen molar-refractivity contribution in [3.63, 3.8) is 0 Å². The average Bonchev–Trinajstić information content (AvgIpc) is 3.17. The van der Waals surface area contributed by atoms with E-state index in [1.165, 1.54) is 4.68 Å². The van der Waals surface area contributed by atoms with Gasteiger partial charge in [-0.2, -0.15) is 13.1 Å². The summed E-state index contributed by atoms with van der Waals surface area (Å²) in [5.41, 5.74) is 1.81. The Balaban J connectivity index is 1.37. The van der Waals surface area contributed by atoms with Crippen LogP contribution in [-0.2, 0) is 14.3 Å². The summed E-state index contributed by atoms with van der Waals surface area (Å²) in [6, 6.07) is 16.4. The average molecular weight is 402 g/mol. The predicted molar refractivity (Wildman–Crippen MR) is 103 cm³/mol. The Kier molecular flexibility index (Phi) is 6.72. The van der Waals surface area contributed by atoms with Crippen LogP contribution in [0.4, 0.5) is 0 Å². The first-order valence-corrected chi connectivity index (χ1v) is 10.4. The summed E-state index contributed by atoms with van der Waals surface area (Å²) >= 11 is 0. The lowest BCUT2D eigenvalue weighted by Crippen LogP contribution is -2.08. The summed E-state index contributed by atoms with van der Waals surface area (Å²) in [5, 5.41) is 11.4. The van der Waals surface area contributed by atoms with E-state index in [1.807, 2.05) is 37.3 Å². The molecule has 1 aromatic heterocycles. The van der Waals surface area contributed by atoms with Crippen LogP contribution in [0.3, 0.4) is 0 Å². The van der Waals surface area contributed by atoms with Gasteiger partial charge in [-0.25, -0.2) is 0 Å². The fraction of sp³-hybridized carbons (Fsp3) is 0.316. The lowest BCUT2D eigenvalue weighted by Gasteiger charge is -2.07. The molecular weight excluding hydrogens is 380 g/mol. The summed E-state index contributed by atoms with van der Waals surface area (Å²) in [4.78, 5) is 0.175. The molecule has 3 rings (SSSR count). The lowest BCUT2D eigenvalue weighted by molar-refractivity contribution is 0.263. The normalized spacial score (nSPS) is 11.5. The molecule has 0 bridgehead atoms. The van der Waals surface area contributed by atoms with Crippen molar-refractivity contribution in [2.45, 2.75) is 31.1 Å². The van der Waals surface area contributed by atoms with E-state index >= 15 is 0 Å². The highest BCUT2D eigenvalue weighted by molar-refractivity contribution is 7.86. The van der Waals surface area contributed by atoms with Gasteiger partial charge in [0.05, 0.1) is 23.8 Å². The van der Waals surface area contributed by atoms with Crippen molar-refractivity contribution in [1.29, 1.82) is 0 Å². The quantitative estimate of drug-likeness (QED) is 0.380. The van der Waals surface area contributed by atoms with Gasteiger partial charge < -0.3 is 4.74 Å².